The first-order chi connectivity index (χ1) is 8.47. The van der Waals surface area contributed by atoms with Gasteiger partial charge in [0.15, 0.2) is 11.6 Å². The zero-order valence-corrected chi connectivity index (χ0v) is 9.67. The summed E-state index contributed by atoms with van der Waals surface area (Å²) in [7, 11) is 0. The van der Waals surface area contributed by atoms with Gasteiger partial charge in [-0.15, -0.1) is 0 Å². The lowest BCUT2D eigenvalue weighted by Crippen LogP contribution is -2.29. The standard InChI is InChI=1S/C11H7ClF2N2O2/c12-7-5-16(11(18)15-10(7)17)4-6-1-2-8(13)9(14)3-6/h1-3,5H,4H2,(H,15,17,18). The molecule has 2 aromatic rings. The topological polar surface area (TPSA) is 54.9 Å². The third-order valence-corrected chi connectivity index (χ3v) is 2.57. The summed E-state index contributed by atoms with van der Waals surface area (Å²) in [6.07, 6.45) is 1.14. The lowest BCUT2D eigenvalue weighted by molar-refractivity contribution is 0.506. The van der Waals surface area contributed by atoms with Crippen LogP contribution >= 0.6 is 11.6 Å². The second-order valence-corrected chi connectivity index (χ2v) is 4.02. The van der Waals surface area contributed by atoms with E-state index in [0.29, 0.717) is 5.56 Å². The summed E-state index contributed by atoms with van der Waals surface area (Å²) < 4.78 is 26.8. The number of halogens is 3. The van der Waals surface area contributed by atoms with Gasteiger partial charge in [-0.2, -0.15) is 0 Å². The van der Waals surface area contributed by atoms with Crippen molar-refractivity contribution in [1.82, 2.24) is 9.55 Å². The number of nitrogens with zero attached hydrogens (tertiary/aromatic N) is 1. The Bertz CT molecular complexity index is 709. The summed E-state index contributed by atoms with van der Waals surface area (Å²) in [5.74, 6) is -1.97. The van der Waals surface area contributed by atoms with Crippen LogP contribution < -0.4 is 11.2 Å². The Balaban J connectivity index is 2.40. The summed E-state index contributed by atoms with van der Waals surface area (Å²) in [5.41, 5.74) is -0.989. The van der Waals surface area contributed by atoms with Gasteiger partial charge in [0, 0.05) is 6.20 Å². The van der Waals surface area contributed by atoms with Crippen LogP contribution in [0.1, 0.15) is 5.56 Å². The molecule has 0 saturated carbocycles. The van der Waals surface area contributed by atoms with Gasteiger partial charge in [0.25, 0.3) is 5.56 Å². The molecule has 4 nitrogen and oxygen atoms in total. The third-order valence-electron chi connectivity index (χ3n) is 2.30. The molecule has 1 heterocycles. The van der Waals surface area contributed by atoms with E-state index in [1.54, 1.807) is 0 Å². The molecule has 0 saturated heterocycles. The average Bonchev–Trinajstić information content (AvgIpc) is 2.31. The lowest BCUT2D eigenvalue weighted by atomic mass is 10.2. The van der Waals surface area contributed by atoms with E-state index in [2.05, 4.69) is 0 Å². The molecular formula is C11H7ClF2N2O2. The molecule has 7 heteroatoms. The summed E-state index contributed by atoms with van der Waals surface area (Å²) in [5, 5.41) is -0.155. The summed E-state index contributed by atoms with van der Waals surface area (Å²) in [4.78, 5) is 24.5. The fourth-order valence-electron chi connectivity index (χ4n) is 1.43. The van der Waals surface area contributed by atoms with Crippen molar-refractivity contribution in [3.63, 3.8) is 0 Å². The SMILES string of the molecule is O=c1[nH]c(=O)n(Cc2ccc(F)c(F)c2)cc1Cl. The Morgan fingerprint density at radius 2 is 1.94 bits per heavy atom. The Labute approximate surface area is 104 Å². The molecule has 0 aliphatic heterocycles. The first-order valence-corrected chi connectivity index (χ1v) is 5.28. The van der Waals surface area contributed by atoms with Gasteiger partial charge < -0.3 is 0 Å². The van der Waals surface area contributed by atoms with E-state index >= 15 is 0 Å². The van der Waals surface area contributed by atoms with Crippen LogP contribution in [0.25, 0.3) is 0 Å². The molecule has 1 N–H and O–H groups in total. The van der Waals surface area contributed by atoms with Crippen molar-refractivity contribution in [3.05, 3.63) is 67.5 Å². The second kappa shape index (κ2) is 4.73. The highest BCUT2D eigenvalue weighted by Gasteiger charge is 2.06. The fourth-order valence-corrected chi connectivity index (χ4v) is 1.60. The molecule has 0 aliphatic rings. The van der Waals surface area contributed by atoms with E-state index in [1.807, 2.05) is 4.98 Å². The van der Waals surface area contributed by atoms with E-state index in [-0.39, 0.29) is 11.6 Å². The molecule has 0 atom stereocenters. The Morgan fingerprint density at radius 1 is 1.22 bits per heavy atom. The monoisotopic (exact) mass is 272 g/mol. The molecule has 94 valence electrons. The molecule has 0 bridgehead atoms. The van der Waals surface area contributed by atoms with Crippen LogP contribution in [0.4, 0.5) is 8.78 Å². The smallest absolute Gasteiger partial charge is 0.295 e. The summed E-state index contributed by atoms with van der Waals surface area (Å²) in [6, 6.07) is 3.27. The van der Waals surface area contributed by atoms with Gasteiger partial charge in [0.2, 0.25) is 0 Å². The van der Waals surface area contributed by atoms with E-state index in [1.165, 1.54) is 6.07 Å². The van der Waals surface area contributed by atoms with Gasteiger partial charge in [0.1, 0.15) is 5.02 Å². The van der Waals surface area contributed by atoms with Crippen LogP contribution in [0.2, 0.25) is 5.02 Å². The quantitative estimate of drug-likeness (QED) is 0.901. The van der Waals surface area contributed by atoms with Crippen molar-refractivity contribution in [1.29, 1.82) is 0 Å². The molecule has 2 rings (SSSR count). The molecular weight excluding hydrogens is 266 g/mol. The van der Waals surface area contributed by atoms with Crippen LogP contribution in [0.5, 0.6) is 0 Å². The maximum Gasteiger partial charge on any atom is 0.328 e. The number of rotatable bonds is 2. The molecule has 0 amide bonds. The number of aromatic nitrogens is 2. The Morgan fingerprint density at radius 3 is 2.61 bits per heavy atom. The Kier molecular flexibility index (Phi) is 3.29. The van der Waals surface area contributed by atoms with Crippen LogP contribution in [0.3, 0.4) is 0 Å². The number of hydrogen-bond acceptors (Lipinski definition) is 2. The zero-order chi connectivity index (χ0) is 13.3. The minimum atomic E-state index is -1.00. The van der Waals surface area contributed by atoms with E-state index in [0.717, 1.165) is 22.9 Å². The average molecular weight is 273 g/mol. The van der Waals surface area contributed by atoms with Crippen LogP contribution in [-0.4, -0.2) is 9.55 Å². The molecule has 1 aromatic heterocycles. The van der Waals surface area contributed by atoms with E-state index < -0.39 is 22.9 Å². The molecule has 0 fully saturated rings. The number of H-pyrrole nitrogens is 1. The zero-order valence-electron chi connectivity index (χ0n) is 8.91. The fraction of sp³-hybridized carbons (Fsp3) is 0.0909. The van der Waals surface area contributed by atoms with E-state index in [4.69, 9.17) is 11.6 Å². The van der Waals surface area contributed by atoms with Gasteiger partial charge in [-0.05, 0) is 17.7 Å². The maximum absolute atomic E-state index is 13.0. The normalized spacial score (nSPS) is 10.6. The van der Waals surface area contributed by atoms with Crippen molar-refractivity contribution in [3.8, 4) is 0 Å². The highest BCUT2D eigenvalue weighted by atomic mass is 35.5. The summed E-state index contributed by atoms with van der Waals surface area (Å²) in [6.45, 7) is -0.0213. The van der Waals surface area contributed by atoms with Crippen LogP contribution in [-0.2, 0) is 6.54 Å². The summed E-state index contributed by atoms with van der Waals surface area (Å²) >= 11 is 5.57. The van der Waals surface area contributed by atoms with Crippen molar-refractivity contribution in [2.75, 3.05) is 0 Å². The van der Waals surface area contributed by atoms with Crippen LogP contribution in [0.15, 0.2) is 34.0 Å². The lowest BCUT2D eigenvalue weighted by Gasteiger charge is -2.05. The van der Waals surface area contributed by atoms with Crippen LogP contribution in [0, 0.1) is 11.6 Å². The number of benzene rings is 1. The van der Waals surface area contributed by atoms with E-state index in [9.17, 15) is 18.4 Å². The first kappa shape index (κ1) is 12.5. The van der Waals surface area contributed by atoms with Gasteiger partial charge >= 0.3 is 5.69 Å². The second-order valence-electron chi connectivity index (χ2n) is 3.61. The Hall–Kier alpha value is -1.95. The molecule has 1 aromatic carbocycles. The molecule has 0 unspecified atom stereocenters. The minimum absolute atomic E-state index is 0.0213. The number of hydrogen-bond donors (Lipinski definition) is 1. The molecule has 0 aliphatic carbocycles. The molecule has 0 radical (unpaired) electrons. The predicted molar refractivity (Wildman–Crippen MR) is 61.8 cm³/mol. The van der Waals surface area contributed by atoms with Gasteiger partial charge in [-0.1, -0.05) is 17.7 Å². The third kappa shape index (κ3) is 2.48. The highest BCUT2D eigenvalue weighted by Crippen LogP contribution is 2.09. The van der Waals surface area contributed by atoms with Crippen molar-refractivity contribution < 1.29 is 8.78 Å². The minimum Gasteiger partial charge on any atom is -0.295 e. The maximum atomic E-state index is 13.0. The van der Waals surface area contributed by atoms with Crippen molar-refractivity contribution in [2.45, 2.75) is 6.54 Å². The molecule has 0 spiro atoms. The van der Waals surface area contributed by atoms with Crippen molar-refractivity contribution >= 4 is 11.6 Å². The predicted octanol–water partition coefficient (Wildman–Crippen LogP) is 1.52. The largest absolute Gasteiger partial charge is 0.328 e. The number of aromatic amines is 1. The molecule has 18 heavy (non-hydrogen) atoms. The van der Waals surface area contributed by atoms with Gasteiger partial charge in [-0.25, -0.2) is 13.6 Å². The highest BCUT2D eigenvalue weighted by molar-refractivity contribution is 6.30. The van der Waals surface area contributed by atoms with Gasteiger partial charge in [-0.3, -0.25) is 14.3 Å². The van der Waals surface area contributed by atoms with Crippen molar-refractivity contribution in [2.24, 2.45) is 0 Å². The first-order valence-electron chi connectivity index (χ1n) is 4.90. The number of nitrogens with one attached hydrogen (secondary N) is 1. The van der Waals surface area contributed by atoms with Gasteiger partial charge in [0.05, 0.1) is 6.54 Å².